The van der Waals surface area contributed by atoms with E-state index in [4.69, 9.17) is 10.5 Å². The first-order chi connectivity index (χ1) is 16.2. The van der Waals surface area contributed by atoms with E-state index >= 15 is 0 Å². The standard InChI is InChI=1S/C26H42N6O/c1-3-31(13-14-33-2)17-21-5-4-12-32(18-21)23-9-6-20(7-10-23)16-28-26-24-15-22(27)8-11-25(24)29-19-30-26/h8,11,15,19-21,23H,3-7,9-10,12-14,16-18,27H2,1-2H3,(H,28,29,30)/t20-,21?,23-. The first kappa shape index (κ1) is 24.2. The fraction of sp³-hybridized carbons (Fsp3) is 0.692. The molecule has 0 radical (unpaired) electrons. The van der Waals surface area contributed by atoms with Crippen LogP contribution < -0.4 is 11.1 Å². The highest BCUT2D eigenvalue weighted by Gasteiger charge is 2.30. The number of ether oxygens (including phenoxy) is 1. The Labute approximate surface area is 199 Å². The minimum Gasteiger partial charge on any atom is -0.399 e. The predicted molar refractivity (Wildman–Crippen MR) is 136 cm³/mol. The molecule has 3 N–H and O–H groups in total. The zero-order valence-electron chi connectivity index (χ0n) is 20.5. The van der Waals surface area contributed by atoms with Crippen molar-refractivity contribution in [3.8, 4) is 0 Å². The van der Waals surface area contributed by atoms with E-state index in [1.165, 1.54) is 58.2 Å². The van der Waals surface area contributed by atoms with Crippen molar-refractivity contribution in [2.75, 3.05) is 64.0 Å². The number of nitrogens with one attached hydrogen (secondary N) is 1. The van der Waals surface area contributed by atoms with E-state index in [1.54, 1.807) is 13.4 Å². The average Bonchev–Trinajstić information content (AvgIpc) is 2.85. The number of hydrogen-bond acceptors (Lipinski definition) is 7. The Morgan fingerprint density at radius 3 is 2.79 bits per heavy atom. The minimum absolute atomic E-state index is 0.706. The molecule has 1 atom stereocenters. The molecule has 2 aromatic rings. The fourth-order valence-corrected chi connectivity index (χ4v) is 5.71. The third kappa shape index (κ3) is 6.55. The Morgan fingerprint density at radius 1 is 1.15 bits per heavy atom. The SMILES string of the molecule is CCN(CCOC)CC1CCCN([C@H]2CC[C@H](CNc3ncnc4ccc(N)cc34)CC2)C1. The van der Waals surface area contributed by atoms with Crippen molar-refractivity contribution in [1.29, 1.82) is 0 Å². The molecule has 1 aliphatic carbocycles. The lowest BCUT2D eigenvalue weighted by atomic mass is 9.84. The van der Waals surface area contributed by atoms with Crippen LogP contribution in [-0.4, -0.2) is 78.8 Å². The molecule has 4 rings (SSSR count). The minimum atomic E-state index is 0.706. The summed E-state index contributed by atoms with van der Waals surface area (Å²) in [6.07, 6.45) is 9.57. The summed E-state index contributed by atoms with van der Waals surface area (Å²) in [5.74, 6) is 2.41. The van der Waals surface area contributed by atoms with Crippen LogP contribution in [0.5, 0.6) is 0 Å². The van der Waals surface area contributed by atoms with Gasteiger partial charge in [0, 0.05) is 50.4 Å². The Balaban J connectivity index is 1.24. The van der Waals surface area contributed by atoms with Gasteiger partial charge in [-0.2, -0.15) is 0 Å². The van der Waals surface area contributed by atoms with Crippen LogP contribution in [-0.2, 0) is 4.74 Å². The molecule has 1 unspecified atom stereocenters. The predicted octanol–water partition coefficient (Wildman–Crippen LogP) is 3.86. The number of methoxy groups -OCH3 is 1. The monoisotopic (exact) mass is 454 g/mol. The second kappa shape index (κ2) is 12.0. The number of hydrogen-bond donors (Lipinski definition) is 2. The summed E-state index contributed by atoms with van der Waals surface area (Å²) in [4.78, 5) is 14.2. The van der Waals surface area contributed by atoms with Gasteiger partial charge in [0.2, 0.25) is 0 Å². The van der Waals surface area contributed by atoms with Gasteiger partial charge >= 0.3 is 0 Å². The lowest BCUT2D eigenvalue weighted by Crippen LogP contribution is -2.47. The van der Waals surface area contributed by atoms with E-state index in [-0.39, 0.29) is 0 Å². The molecule has 2 aliphatic rings. The van der Waals surface area contributed by atoms with Gasteiger partial charge in [0.1, 0.15) is 12.1 Å². The highest BCUT2D eigenvalue weighted by molar-refractivity contribution is 5.91. The van der Waals surface area contributed by atoms with Crippen molar-refractivity contribution in [3.63, 3.8) is 0 Å². The molecule has 2 fully saturated rings. The number of piperidine rings is 1. The zero-order valence-corrected chi connectivity index (χ0v) is 20.5. The molecular weight excluding hydrogens is 412 g/mol. The summed E-state index contributed by atoms with van der Waals surface area (Å²) in [6.45, 7) is 10.0. The zero-order chi connectivity index (χ0) is 23.0. The van der Waals surface area contributed by atoms with E-state index in [1.807, 2.05) is 18.2 Å². The van der Waals surface area contributed by atoms with E-state index < -0.39 is 0 Å². The first-order valence-corrected chi connectivity index (χ1v) is 12.9. The van der Waals surface area contributed by atoms with Crippen molar-refractivity contribution in [2.24, 2.45) is 11.8 Å². The number of benzene rings is 1. The summed E-state index contributed by atoms with van der Waals surface area (Å²) < 4.78 is 5.29. The van der Waals surface area contributed by atoms with Gasteiger partial charge < -0.3 is 25.6 Å². The Bertz CT molecular complexity index is 869. The Hall–Kier alpha value is -1.96. The van der Waals surface area contributed by atoms with Gasteiger partial charge in [-0.3, -0.25) is 0 Å². The molecule has 0 amide bonds. The number of nitrogens with two attached hydrogens (primary N) is 1. The van der Waals surface area contributed by atoms with Crippen LogP contribution in [0, 0.1) is 11.8 Å². The largest absolute Gasteiger partial charge is 0.399 e. The van der Waals surface area contributed by atoms with Crippen molar-refractivity contribution in [3.05, 3.63) is 24.5 Å². The molecule has 2 heterocycles. The summed E-state index contributed by atoms with van der Waals surface area (Å²) in [5, 5.41) is 4.61. The molecule has 1 saturated carbocycles. The summed E-state index contributed by atoms with van der Waals surface area (Å²) in [5.41, 5.74) is 7.68. The second-order valence-electron chi connectivity index (χ2n) is 9.94. The molecule has 1 aromatic heterocycles. The third-order valence-electron chi connectivity index (χ3n) is 7.68. The van der Waals surface area contributed by atoms with E-state index in [9.17, 15) is 0 Å². The van der Waals surface area contributed by atoms with Crippen LogP contribution in [0.15, 0.2) is 24.5 Å². The van der Waals surface area contributed by atoms with Gasteiger partial charge in [0.05, 0.1) is 12.1 Å². The number of nitrogens with zero attached hydrogens (tertiary/aromatic N) is 4. The molecule has 0 bridgehead atoms. The van der Waals surface area contributed by atoms with Crippen LogP contribution in [0.2, 0.25) is 0 Å². The van der Waals surface area contributed by atoms with Crippen molar-refractivity contribution < 1.29 is 4.74 Å². The molecule has 0 spiro atoms. The van der Waals surface area contributed by atoms with Crippen LogP contribution in [0.1, 0.15) is 45.4 Å². The van der Waals surface area contributed by atoms with Crippen LogP contribution in [0.25, 0.3) is 10.9 Å². The lowest BCUT2D eigenvalue weighted by Gasteiger charge is -2.42. The van der Waals surface area contributed by atoms with Crippen molar-refractivity contribution in [2.45, 2.75) is 51.5 Å². The normalized spacial score (nSPS) is 24.4. The molecule has 33 heavy (non-hydrogen) atoms. The Morgan fingerprint density at radius 2 is 2.00 bits per heavy atom. The molecule has 7 nitrogen and oxygen atoms in total. The van der Waals surface area contributed by atoms with Gasteiger partial charge in [-0.1, -0.05) is 6.92 Å². The lowest BCUT2D eigenvalue weighted by molar-refractivity contribution is 0.0675. The van der Waals surface area contributed by atoms with Gasteiger partial charge in [-0.15, -0.1) is 0 Å². The molecule has 1 aromatic carbocycles. The van der Waals surface area contributed by atoms with E-state index in [0.717, 1.165) is 60.6 Å². The number of nitrogen functional groups attached to an aromatic ring is 1. The molecule has 7 heteroatoms. The van der Waals surface area contributed by atoms with Gasteiger partial charge in [0.15, 0.2) is 0 Å². The topological polar surface area (TPSA) is 79.5 Å². The number of fused-ring (bicyclic) bond motifs is 1. The molecule has 182 valence electrons. The summed E-state index contributed by atoms with van der Waals surface area (Å²) >= 11 is 0. The number of rotatable bonds is 10. The highest BCUT2D eigenvalue weighted by Crippen LogP contribution is 2.31. The van der Waals surface area contributed by atoms with Crippen molar-refractivity contribution in [1.82, 2.24) is 19.8 Å². The number of likely N-dealkylation sites (N-methyl/N-ethyl adjacent to an activating group) is 1. The van der Waals surface area contributed by atoms with Gasteiger partial charge in [-0.05, 0) is 81.6 Å². The highest BCUT2D eigenvalue weighted by atomic mass is 16.5. The maximum atomic E-state index is 5.99. The third-order valence-corrected chi connectivity index (χ3v) is 7.68. The second-order valence-corrected chi connectivity index (χ2v) is 9.94. The van der Waals surface area contributed by atoms with Crippen LogP contribution in [0.3, 0.4) is 0 Å². The molecule has 1 saturated heterocycles. The maximum absolute atomic E-state index is 5.99. The average molecular weight is 455 g/mol. The fourth-order valence-electron chi connectivity index (χ4n) is 5.71. The van der Waals surface area contributed by atoms with Gasteiger partial charge in [0.25, 0.3) is 0 Å². The molecular formula is C26H42N6O. The Kier molecular flexibility index (Phi) is 8.75. The first-order valence-electron chi connectivity index (χ1n) is 12.9. The van der Waals surface area contributed by atoms with Crippen molar-refractivity contribution >= 4 is 22.4 Å². The quantitative estimate of drug-likeness (QED) is 0.528. The van der Waals surface area contributed by atoms with E-state index in [0.29, 0.717) is 5.92 Å². The maximum Gasteiger partial charge on any atom is 0.137 e. The van der Waals surface area contributed by atoms with Gasteiger partial charge in [-0.25, -0.2) is 9.97 Å². The van der Waals surface area contributed by atoms with Crippen LogP contribution in [0.4, 0.5) is 11.5 Å². The number of aromatic nitrogens is 2. The van der Waals surface area contributed by atoms with E-state index in [2.05, 4.69) is 32.0 Å². The smallest absolute Gasteiger partial charge is 0.137 e. The van der Waals surface area contributed by atoms with Crippen LogP contribution >= 0.6 is 0 Å². The number of likely N-dealkylation sites (tertiary alicyclic amines) is 1. The molecule has 1 aliphatic heterocycles. The summed E-state index contributed by atoms with van der Waals surface area (Å²) in [6, 6.07) is 6.59. The summed E-state index contributed by atoms with van der Waals surface area (Å²) in [7, 11) is 1.80. The number of anilines is 2.